The van der Waals surface area contributed by atoms with Gasteiger partial charge in [-0.15, -0.1) is 0 Å². The largest absolute Gasteiger partial charge is 0.466 e. The fourth-order valence-electron chi connectivity index (χ4n) is 1.27. The summed E-state index contributed by atoms with van der Waals surface area (Å²) < 4.78 is 42.0. The fourth-order valence-corrected chi connectivity index (χ4v) is 1.27. The van der Waals surface area contributed by atoms with Gasteiger partial charge >= 0.3 is 12.1 Å². The number of nitrogens with zero attached hydrogens (tertiary/aromatic N) is 2. The molecule has 96 valence electrons. The number of ether oxygens (including phenoxy) is 1. The van der Waals surface area contributed by atoms with Crippen molar-refractivity contribution >= 4 is 5.97 Å². The summed E-state index contributed by atoms with van der Waals surface area (Å²) in [4.78, 5) is 14.6. The second-order valence-electron chi connectivity index (χ2n) is 3.31. The lowest BCUT2D eigenvalue weighted by Crippen LogP contribution is -2.12. The Balaban J connectivity index is 3.00. The van der Waals surface area contributed by atoms with Gasteiger partial charge in [0, 0.05) is 6.20 Å². The Morgan fingerprint density at radius 2 is 2.22 bits per heavy atom. The highest BCUT2D eigenvalue weighted by atomic mass is 19.4. The Bertz CT molecular complexity index is 492. The maximum absolute atomic E-state index is 12.5. The monoisotopic (exact) mass is 258 g/mol. The molecule has 1 aromatic heterocycles. The molecule has 0 aliphatic heterocycles. The first-order chi connectivity index (χ1) is 8.38. The number of esters is 1. The molecule has 18 heavy (non-hydrogen) atoms. The van der Waals surface area contributed by atoms with Crippen LogP contribution in [0.1, 0.15) is 23.7 Å². The Hall–Kier alpha value is -2.10. The number of carbonyl (C=O) groups is 1. The van der Waals surface area contributed by atoms with Crippen molar-refractivity contribution in [3.8, 4) is 6.07 Å². The number of pyridine rings is 1. The van der Waals surface area contributed by atoms with Gasteiger partial charge in [-0.25, -0.2) is 0 Å². The molecule has 0 bridgehead atoms. The molecular formula is C11H9F3N2O2. The number of rotatable bonds is 3. The maximum Gasteiger partial charge on any atom is 0.419 e. The van der Waals surface area contributed by atoms with E-state index in [2.05, 4.69) is 9.72 Å². The van der Waals surface area contributed by atoms with Crippen molar-refractivity contribution in [2.45, 2.75) is 19.5 Å². The lowest BCUT2D eigenvalue weighted by molar-refractivity contribution is -0.142. The highest BCUT2D eigenvalue weighted by Crippen LogP contribution is 2.31. The highest BCUT2D eigenvalue weighted by Gasteiger charge is 2.34. The normalized spacial score (nSPS) is 10.8. The molecule has 0 unspecified atom stereocenters. The minimum atomic E-state index is -4.64. The van der Waals surface area contributed by atoms with E-state index in [4.69, 9.17) is 5.26 Å². The summed E-state index contributed by atoms with van der Waals surface area (Å²) in [5.74, 6) is -0.603. The van der Waals surface area contributed by atoms with Crippen LogP contribution in [0, 0.1) is 11.3 Å². The van der Waals surface area contributed by atoms with Crippen LogP contribution in [0.25, 0.3) is 0 Å². The molecule has 0 spiro atoms. The summed E-state index contributed by atoms with van der Waals surface area (Å²) in [6.07, 6.45) is -4.35. The van der Waals surface area contributed by atoms with E-state index in [1.807, 2.05) is 0 Å². The molecule has 0 N–H and O–H groups in total. The summed E-state index contributed by atoms with van der Waals surface area (Å²) in [5.41, 5.74) is -1.60. The molecule has 0 aromatic carbocycles. The topological polar surface area (TPSA) is 63.0 Å². The number of alkyl halides is 3. The van der Waals surface area contributed by atoms with Crippen LogP contribution in [0.2, 0.25) is 0 Å². The highest BCUT2D eigenvalue weighted by molar-refractivity contribution is 5.72. The van der Waals surface area contributed by atoms with Crippen LogP contribution < -0.4 is 0 Å². The van der Waals surface area contributed by atoms with Gasteiger partial charge in [0.25, 0.3) is 0 Å². The summed E-state index contributed by atoms with van der Waals surface area (Å²) in [6.45, 7) is 1.78. The number of carbonyl (C=O) groups excluding carboxylic acids is 1. The molecule has 0 amide bonds. The van der Waals surface area contributed by atoms with E-state index in [0.717, 1.165) is 6.07 Å². The van der Waals surface area contributed by atoms with Crippen molar-refractivity contribution in [2.24, 2.45) is 0 Å². The molecule has 0 saturated heterocycles. The first kappa shape index (κ1) is 14.0. The van der Waals surface area contributed by atoms with Crippen molar-refractivity contribution in [1.29, 1.82) is 5.26 Å². The molecule has 1 aromatic rings. The third kappa shape index (κ3) is 3.45. The zero-order chi connectivity index (χ0) is 13.8. The molecule has 0 fully saturated rings. The number of hydrogen-bond donors (Lipinski definition) is 0. The molecular weight excluding hydrogens is 249 g/mol. The first-order valence-corrected chi connectivity index (χ1v) is 5.00. The zero-order valence-corrected chi connectivity index (χ0v) is 9.41. The van der Waals surface area contributed by atoms with Crippen molar-refractivity contribution in [1.82, 2.24) is 4.98 Å². The number of aromatic nitrogens is 1. The van der Waals surface area contributed by atoms with Crippen LogP contribution in [0.5, 0.6) is 0 Å². The van der Waals surface area contributed by atoms with Gasteiger partial charge in [0.1, 0.15) is 0 Å². The molecule has 7 heteroatoms. The summed E-state index contributed by atoms with van der Waals surface area (Å²) in [5, 5.41) is 8.65. The Kier molecular flexibility index (Phi) is 4.26. The van der Waals surface area contributed by atoms with Gasteiger partial charge in [-0.2, -0.15) is 18.4 Å². The molecule has 0 atom stereocenters. The molecule has 0 aliphatic rings. The SMILES string of the molecule is CCOC(=O)Cc1cc(C#N)c(C(F)(F)F)cn1. The standard InChI is InChI=1S/C11H9F3N2O2/c1-2-18-10(17)4-8-3-7(5-15)9(6-16-8)11(12,13)14/h3,6H,2,4H2,1H3. The Labute approximate surface area is 101 Å². The van der Waals surface area contributed by atoms with E-state index in [0.29, 0.717) is 6.20 Å². The van der Waals surface area contributed by atoms with Crippen molar-refractivity contribution in [3.63, 3.8) is 0 Å². The van der Waals surface area contributed by atoms with Gasteiger partial charge in [-0.1, -0.05) is 0 Å². The summed E-state index contributed by atoms with van der Waals surface area (Å²) >= 11 is 0. The lowest BCUT2D eigenvalue weighted by Gasteiger charge is -2.09. The van der Waals surface area contributed by atoms with E-state index >= 15 is 0 Å². The molecule has 0 aliphatic carbocycles. The van der Waals surface area contributed by atoms with Gasteiger partial charge in [-0.3, -0.25) is 9.78 Å². The minimum absolute atomic E-state index is 0.0676. The van der Waals surface area contributed by atoms with Crippen molar-refractivity contribution in [3.05, 3.63) is 29.1 Å². The summed E-state index contributed by atoms with van der Waals surface area (Å²) in [7, 11) is 0. The van der Waals surface area contributed by atoms with Crippen molar-refractivity contribution < 1.29 is 22.7 Å². The number of hydrogen-bond acceptors (Lipinski definition) is 4. The second-order valence-corrected chi connectivity index (χ2v) is 3.31. The quantitative estimate of drug-likeness (QED) is 0.778. The van der Waals surface area contributed by atoms with Crippen LogP contribution in [0.15, 0.2) is 12.3 Å². The van der Waals surface area contributed by atoms with Crippen LogP contribution in [0.3, 0.4) is 0 Å². The van der Waals surface area contributed by atoms with E-state index in [1.165, 1.54) is 6.07 Å². The maximum atomic E-state index is 12.5. The Morgan fingerprint density at radius 1 is 1.56 bits per heavy atom. The van der Waals surface area contributed by atoms with E-state index < -0.39 is 23.3 Å². The molecule has 1 rings (SSSR count). The average Bonchev–Trinajstić information content (AvgIpc) is 2.27. The first-order valence-electron chi connectivity index (χ1n) is 5.00. The second kappa shape index (κ2) is 5.49. The summed E-state index contributed by atoms with van der Waals surface area (Å²) in [6, 6.07) is 2.38. The number of halogens is 3. The van der Waals surface area contributed by atoms with Crippen LogP contribution >= 0.6 is 0 Å². The van der Waals surface area contributed by atoms with Gasteiger partial charge in [-0.05, 0) is 13.0 Å². The van der Waals surface area contributed by atoms with Crippen molar-refractivity contribution in [2.75, 3.05) is 6.61 Å². The predicted molar refractivity (Wildman–Crippen MR) is 54.3 cm³/mol. The third-order valence-corrected chi connectivity index (χ3v) is 2.02. The van der Waals surface area contributed by atoms with E-state index in [1.54, 1.807) is 6.92 Å². The molecule has 4 nitrogen and oxygen atoms in total. The van der Waals surface area contributed by atoms with Gasteiger partial charge in [0.2, 0.25) is 0 Å². The molecule has 1 heterocycles. The van der Waals surface area contributed by atoms with Gasteiger partial charge < -0.3 is 4.74 Å². The lowest BCUT2D eigenvalue weighted by atomic mass is 10.1. The van der Waals surface area contributed by atoms with Gasteiger partial charge in [0.05, 0.1) is 35.9 Å². The van der Waals surface area contributed by atoms with Gasteiger partial charge in [0.15, 0.2) is 0 Å². The minimum Gasteiger partial charge on any atom is -0.466 e. The average molecular weight is 258 g/mol. The van der Waals surface area contributed by atoms with Crippen LogP contribution in [-0.2, 0) is 22.1 Å². The third-order valence-electron chi connectivity index (χ3n) is 2.02. The Morgan fingerprint density at radius 3 is 2.72 bits per heavy atom. The molecule has 0 saturated carbocycles. The number of nitriles is 1. The predicted octanol–water partition coefficient (Wildman–Crippen LogP) is 2.08. The van der Waals surface area contributed by atoms with E-state index in [-0.39, 0.29) is 18.7 Å². The fraction of sp³-hybridized carbons (Fsp3) is 0.364. The van der Waals surface area contributed by atoms with Crippen LogP contribution in [0.4, 0.5) is 13.2 Å². The smallest absolute Gasteiger partial charge is 0.419 e. The zero-order valence-electron chi connectivity index (χ0n) is 9.41. The molecule has 0 radical (unpaired) electrons. The van der Waals surface area contributed by atoms with E-state index in [9.17, 15) is 18.0 Å². The van der Waals surface area contributed by atoms with Crippen LogP contribution in [-0.4, -0.2) is 17.6 Å².